The van der Waals surface area contributed by atoms with Crippen LogP contribution in [0.1, 0.15) is 30.3 Å². The number of rotatable bonds is 5. The molecule has 0 amide bonds. The van der Waals surface area contributed by atoms with Crippen LogP contribution < -0.4 is 10.6 Å². The SMILES string of the molecule is CCc1cnc(N2CC=C(c3cnc(Cn4ccc5cc(N)cc(F)c54)cn3)CC2)nc1. The van der Waals surface area contributed by atoms with Gasteiger partial charge in [-0.3, -0.25) is 9.97 Å². The van der Waals surface area contributed by atoms with E-state index in [0.29, 0.717) is 17.7 Å². The van der Waals surface area contributed by atoms with Crippen molar-refractivity contribution < 1.29 is 4.39 Å². The third kappa shape index (κ3) is 3.91. The van der Waals surface area contributed by atoms with Crippen LogP contribution in [-0.4, -0.2) is 37.6 Å². The summed E-state index contributed by atoms with van der Waals surface area (Å²) in [6, 6.07) is 4.97. The lowest BCUT2D eigenvalue weighted by molar-refractivity contribution is 0.628. The molecule has 0 unspecified atom stereocenters. The number of hydrogen-bond donors (Lipinski definition) is 1. The predicted octanol–water partition coefficient (Wildman–Crippen LogP) is 3.85. The van der Waals surface area contributed by atoms with Crippen LogP contribution in [0.15, 0.2) is 55.3 Å². The lowest BCUT2D eigenvalue weighted by Gasteiger charge is -2.26. The molecule has 3 aromatic heterocycles. The molecule has 7 nitrogen and oxygen atoms in total. The average Bonchev–Trinajstić information content (AvgIpc) is 3.22. The fraction of sp³-hybridized carbons (Fsp3) is 0.250. The Labute approximate surface area is 185 Å². The van der Waals surface area contributed by atoms with Gasteiger partial charge in [-0.2, -0.15) is 0 Å². The number of nitrogens with zero attached hydrogens (tertiary/aromatic N) is 6. The van der Waals surface area contributed by atoms with Gasteiger partial charge in [-0.25, -0.2) is 14.4 Å². The second-order valence-corrected chi connectivity index (χ2v) is 7.95. The van der Waals surface area contributed by atoms with E-state index in [0.717, 1.165) is 54.2 Å². The number of halogens is 1. The standard InChI is InChI=1S/C24H24FN7/c1-2-16-11-29-24(30-12-16)31-6-3-17(4-7-31)22-14-27-20(13-28-22)15-32-8-5-18-9-19(26)10-21(25)23(18)32/h3,5,8-14H,2,4,6-7,15,26H2,1H3. The zero-order chi connectivity index (χ0) is 22.1. The van der Waals surface area contributed by atoms with Crippen molar-refractivity contribution in [3.05, 3.63) is 78.0 Å². The Balaban J connectivity index is 1.28. The van der Waals surface area contributed by atoms with Crippen molar-refractivity contribution in [2.24, 2.45) is 0 Å². The molecule has 2 N–H and O–H groups in total. The Kier molecular flexibility index (Phi) is 5.26. The maximum Gasteiger partial charge on any atom is 0.225 e. The highest BCUT2D eigenvalue weighted by atomic mass is 19.1. The summed E-state index contributed by atoms with van der Waals surface area (Å²) in [4.78, 5) is 20.3. The lowest BCUT2D eigenvalue weighted by Crippen LogP contribution is -2.30. The van der Waals surface area contributed by atoms with Crippen molar-refractivity contribution in [1.29, 1.82) is 0 Å². The van der Waals surface area contributed by atoms with Crippen molar-refractivity contribution >= 4 is 28.1 Å². The quantitative estimate of drug-likeness (QED) is 0.485. The first kappa shape index (κ1) is 20.1. The van der Waals surface area contributed by atoms with Gasteiger partial charge in [0.05, 0.1) is 35.8 Å². The van der Waals surface area contributed by atoms with Crippen LogP contribution in [0.4, 0.5) is 16.0 Å². The molecule has 0 aliphatic carbocycles. The van der Waals surface area contributed by atoms with Gasteiger partial charge in [-0.15, -0.1) is 0 Å². The lowest BCUT2D eigenvalue weighted by atomic mass is 10.1. The summed E-state index contributed by atoms with van der Waals surface area (Å²) in [5.41, 5.74) is 10.6. The van der Waals surface area contributed by atoms with Crippen LogP contribution >= 0.6 is 0 Å². The second kappa shape index (κ2) is 8.37. The van der Waals surface area contributed by atoms with E-state index in [1.807, 2.05) is 29.2 Å². The molecular weight excluding hydrogens is 405 g/mol. The first-order valence-electron chi connectivity index (χ1n) is 10.7. The van der Waals surface area contributed by atoms with Gasteiger partial charge in [0.15, 0.2) is 0 Å². The fourth-order valence-corrected chi connectivity index (χ4v) is 4.00. The third-order valence-corrected chi connectivity index (χ3v) is 5.80. The molecular formula is C24H24FN7. The van der Waals surface area contributed by atoms with E-state index in [1.54, 1.807) is 18.5 Å². The molecule has 5 rings (SSSR count). The maximum absolute atomic E-state index is 14.4. The zero-order valence-electron chi connectivity index (χ0n) is 17.9. The average molecular weight is 430 g/mol. The number of benzene rings is 1. The molecule has 1 aliphatic heterocycles. The van der Waals surface area contributed by atoms with E-state index < -0.39 is 0 Å². The van der Waals surface area contributed by atoms with Crippen LogP contribution in [0.2, 0.25) is 0 Å². The predicted molar refractivity (Wildman–Crippen MR) is 124 cm³/mol. The van der Waals surface area contributed by atoms with Gasteiger partial charge >= 0.3 is 0 Å². The van der Waals surface area contributed by atoms with Crippen LogP contribution in [0.3, 0.4) is 0 Å². The molecule has 4 heterocycles. The number of nitrogens with two attached hydrogens (primary N) is 1. The first-order valence-corrected chi connectivity index (χ1v) is 10.7. The van der Waals surface area contributed by atoms with Gasteiger partial charge in [0.25, 0.3) is 0 Å². The van der Waals surface area contributed by atoms with E-state index in [9.17, 15) is 4.39 Å². The fourth-order valence-electron chi connectivity index (χ4n) is 4.00. The van der Waals surface area contributed by atoms with Crippen molar-refractivity contribution in [3.8, 4) is 0 Å². The molecule has 0 saturated heterocycles. The molecule has 162 valence electrons. The van der Waals surface area contributed by atoms with Gasteiger partial charge in [-0.05, 0) is 42.2 Å². The Hall–Kier alpha value is -3.81. The highest BCUT2D eigenvalue weighted by Crippen LogP contribution is 2.25. The molecule has 0 fully saturated rings. The normalized spacial score (nSPS) is 14.1. The smallest absolute Gasteiger partial charge is 0.225 e. The second-order valence-electron chi connectivity index (χ2n) is 7.95. The van der Waals surface area contributed by atoms with Crippen LogP contribution in [0.25, 0.3) is 16.5 Å². The summed E-state index contributed by atoms with van der Waals surface area (Å²) in [6.45, 7) is 4.10. The van der Waals surface area contributed by atoms with E-state index in [4.69, 9.17) is 5.73 Å². The van der Waals surface area contributed by atoms with E-state index in [2.05, 4.69) is 37.8 Å². The molecule has 4 aromatic rings. The van der Waals surface area contributed by atoms with Crippen LogP contribution in [0.5, 0.6) is 0 Å². The molecule has 0 saturated carbocycles. The molecule has 8 heteroatoms. The number of aryl methyl sites for hydroxylation is 1. The summed E-state index contributed by atoms with van der Waals surface area (Å²) in [5.74, 6) is 0.423. The highest BCUT2D eigenvalue weighted by Gasteiger charge is 2.17. The Morgan fingerprint density at radius 1 is 1.06 bits per heavy atom. The van der Waals surface area contributed by atoms with Crippen LogP contribution in [-0.2, 0) is 13.0 Å². The molecule has 0 spiro atoms. The maximum atomic E-state index is 14.4. The molecule has 0 radical (unpaired) electrons. The summed E-state index contributed by atoms with van der Waals surface area (Å²) in [7, 11) is 0. The first-order chi connectivity index (χ1) is 15.6. The third-order valence-electron chi connectivity index (χ3n) is 5.80. The summed E-state index contributed by atoms with van der Waals surface area (Å²) in [5, 5.41) is 0.775. The molecule has 1 aliphatic rings. The topological polar surface area (TPSA) is 85.8 Å². The number of aromatic nitrogens is 5. The number of fused-ring (bicyclic) bond motifs is 1. The largest absolute Gasteiger partial charge is 0.399 e. The number of nitrogen functional groups attached to an aromatic ring is 1. The number of anilines is 2. The van der Waals surface area contributed by atoms with E-state index in [1.165, 1.54) is 11.6 Å². The van der Waals surface area contributed by atoms with Crippen molar-refractivity contribution in [2.45, 2.75) is 26.3 Å². The van der Waals surface area contributed by atoms with Gasteiger partial charge in [0.2, 0.25) is 5.95 Å². The van der Waals surface area contributed by atoms with Gasteiger partial charge in [0.1, 0.15) is 5.82 Å². The minimum absolute atomic E-state index is 0.334. The Morgan fingerprint density at radius 2 is 1.91 bits per heavy atom. The molecule has 0 atom stereocenters. The minimum atomic E-state index is -0.334. The van der Waals surface area contributed by atoms with Gasteiger partial charge in [-0.1, -0.05) is 13.0 Å². The van der Waals surface area contributed by atoms with Crippen molar-refractivity contribution in [3.63, 3.8) is 0 Å². The molecule has 32 heavy (non-hydrogen) atoms. The highest BCUT2D eigenvalue weighted by molar-refractivity contribution is 5.84. The summed E-state index contributed by atoms with van der Waals surface area (Å²) in [6.07, 6.45) is 13.1. The van der Waals surface area contributed by atoms with Gasteiger partial charge < -0.3 is 15.2 Å². The summed E-state index contributed by atoms with van der Waals surface area (Å²) < 4.78 is 16.2. The summed E-state index contributed by atoms with van der Waals surface area (Å²) >= 11 is 0. The van der Waals surface area contributed by atoms with Crippen molar-refractivity contribution in [2.75, 3.05) is 23.7 Å². The van der Waals surface area contributed by atoms with Crippen molar-refractivity contribution in [1.82, 2.24) is 24.5 Å². The Bertz CT molecular complexity index is 1280. The van der Waals surface area contributed by atoms with E-state index >= 15 is 0 Å². The van der Waals surface area contributed by atoms with E-state index in [-0.39, 0.29) is 5.82 Å². The number of hydrogen-bond acceptors (Lipinski definition) is 6. The molecule has 0 bridgehead atoms. The zero-order valence-corrected chi connectivity index (χ0v) is 17.9. The van der Waals surface area contributed by atoms with Gasteiger partial charge in [0, 0.05) is 42.8 Å². The monoisotopic (exact) mass is 429 g/mol. The Morgan fingerprint density at radius 3 is 2.59 bits per heavy atom. The molecule has 1 aromatic carbocycles. The minimum Gasteiger partial charge on any atom is -0.399 e. The van der Waals surface area contributed by atoms with Crippen LogP contribution in [0, 0.1) is 5.82 Å².